The van der Waals surface area contributed by atoms with Crippen molar-refractivity contribution in [1.29, 1.82) is 0 Å². The predicted molar refractivity (Wildman–Crippen MR) is 109 cm³/mol. The summed E-state index contributed by atoms with van der Waals surface area (Å²) in [5, 5.41) is 0. The van der Waals surface area contributed by atoms with E-state index in [4.69, 9.17) is 4.74 Å². The van der Waals surface area contributed by atoms with Crippen molar-refractivity contribution in [3.05, 3.63) is 64.7 Å². The van der Waals surface area contributed by atoms with Gasteiger partial charge in [0.1, 0.15) is 5.75 Å². The molecule has 4 nitrogen and oxygen atoms in total. The van der Waals surface area contributed by atoms with Crippen molar-refractivity contribution in [2.24, 2.45) is 0 Å². The molecule has 0 bridgehead atoms. The van der Waals surface area contributed by atoms with Gasteiger partial charge in [0.05, 0.1) is 22.7 Å². The monoisotopic (exact) mass is 442 g/mol. The van der Waals surface area contributed by atoms with Crippen LogP contribution in [0.3, 0.4) is 0 Å². The molecule has 0 aliphatic heterocycles. The molecular formula is C22H25F3O4S. The zero-order chi connectivity index (χ0) is 22.7. The molecule has 0 N–H and O–H groups in total. The molecule has 0 fully saturated rings. The van der Waals surface area contributed by atoms with Crippen LogP contribution in [0.1, 0.15) is 54.7 Å². The van der Waals surface area contributed by atoms with E-state index < -0.39 is 26.3 Å². The van der Waals surface area contributed by atoms with Crippen molar-refractivity contribution in [3.63, 3.8) is 0 Å². The van der Waals surface area contributed by atoms with Crippen LogP contribution >= 0.6 is 0 Å². The van der Waals surface area contributed by atoms with Gasteiger partial charge >= 0.3 is 6.18 Å². The molecule has 8 heteroatoms. The number of hydrogen-bond acceptors (Lipinski definition) is 4. The molecule has 0 atom stereocenters. The first-order valence-corrected chi connectivity index (χ1v) is 11.1. The van der Waals surface area contributed by atoms with Crippen LogP contribution in [-0.2, 0) is 28.2 Å². The van der Waals surface area contributed by atoms with E-state index in [0.29, 0.717) is 16.7 Å². The van der Waals surface area contributed by atoms with E-state index in [1.807, 2.05) is 0 Å². The summed E-state index contributed by atoms with van der Waals surface area (Å²) < 4.78 is 68.0. The van der Waals surface area contributed by atoms with Crippen molar-refractivity contribution in [2.45, 2.75) is 50.8 Å². The molecule has 164 valence electrons. The van der Waals surface area contributed by atoms with E-state index in [1.165, 1.54) is 24.3 Å². The molecule has 0 saturated heterocycles. The molecule has 0 unspecified atom stereocenters. The van der Waals surface area contributed by atoms with E-state index in [1.54, 1.807) is 39.8 Å². The van der Waals surface area contributed by atoms with Gasteiger partial charge in [-0.15, -0.1) is 0 Å². The van der Waals surface area contributed by atoms with Crippen LogP contribution in [0, 0.1) is 0 Å². The fourth-order valence-corrected chi connectivity index (χ4v) is 3.76. The fraction of sp³-hybridized carbons (Fsp3) is 0.409. The molecule has 0 amide bonds. The summed E-state index contributed by atoms with van der Waals surface area (Å²) in [5.41, 5.74) is 0.431. The Morgan fingerprint density at radius 1 is 0.967 bits per heavy atom. The first-order chi connectivity index (χ1) is 13.7. The fourth-order valence-electron chi connectivity index (χ4n) is 2.70. The van der Waals surface area contributed by atoms with Gasteiger partial charge in [0.2, 0.25) is 0 Å². The molecular weight excluding hydrogens is 417 g/mol. The second kappa shape index (κ2) is 8.79. The number of hydrogen-bond donors (Lipinski definition) is 0. The van der Waals surface area contributed by atoms with Crippen LogP contribution in [0.4, 0.5) is 13.2 Å². The molecule has 2 aromatic carbocycles. The zero-order valence-electron chi connectivity index (χ0n) is 17.3. The maximum atomic E-state index is 13.1. The average molecular weight is 442 g/mol. The molecule has 0 spiro atoms. The van der Waals surface area contributed by atoms with Crippen LogP contribution in [0.2, 0.25) is 0 Å². The van der Waals surface area contributed by atoms with Gasteiger partial charge in [0.15, 0.2) is 15.6 Å². The Hall–Kier alpha value is -2.35. The third-order valence-electron chi connectivity index (χ3n) is 4.58. The standard InChI is InChI=1S/C22H25F3O4S/c1-5-29-20-13-16(8-11-18(20)22(23,24)25)12-19(26)17-9-6-15(7-10-17)14-30(27,28)21(2,3)4/h6-11,13H,5,12,14H2,1-4H3. The van der Waals surface area contributed by atoms with Crippen molar-refractivity contribution >= 4 is 15.6 Å². The predicted octanol–water partition coefficient (Wildman–Crippen LogP) is 5.24. The van der Waals surface area contributed by atoms with Gasteiger partial charge in [-0.25, -0.2) is 8.42 Å². The zero-order valence-corrected chi connectivity index (χ0v) is 18.2. The van der Waals surface area contributed by atoms with E-state index in [0.717, 1.165) is 6.07 Å². The molecule has 0 aliphatic carbocycles. The second-order valence-electron chi connectivity index (χ2n) is 7.93. The van der Waals surface area contributed by atoms with Gasteiger partial charge in [-0.2, -0.15) is 13.2 Å². The summed E-state index contributed by atoms with van der Waals surface area (Å²) in [7, 11) is -3.35. The van der Waals surface area contributed by atoms with Gasteiger partial charge < -0.3 is 4.74 Å². The number of sulfone groups is 1. The Morgan fingerprint density at radius 2 is 1.53 bits per heavy atom. The average Bonchev–Trinajstić information content (AvgIpc) is 2.60. The summed E-state index contributed by atoms with van der Waals surface area (Å²) in [5.74, 6) is -0.734. The number of halogens is 3. The smallest absolute Gasteiger partial charge is 0.419 e. The number of rotatable bonds is 7. The quantitative estimate of drug-likeness (QED) is 0.550. The van der Waals surface area contributed by atoms with Gasteiger partial charge in [-0.3, -0.25) is 4.79 Å². The van der Waals surface area contributed by atoms with Crippen LogP contribution in [-0.4, -0.2) is 25.6 Å². The van der Waals surface area contributed by atoms with Gasteiger partial charge in [0.25, 0.3) is 0 Å². The van der Waals surface area contributed by atoms with E-state index in [2.05, 4.69) is 0 Å². The molecule has 0 aromatic heterocycles. The van der Waals surface area contributed by atoms with Crippen molar-refractivity contribution in [2.75, 3.05) is 6.61 Å². The lowest BCUT2D eigenvalue weighted by Gasteiger charge is -2.19. The minimum Gasteiger partial charge on any atom is -0.493 e. The summed E-state index contributed by atoms with van der Waals surface area (Å²) >= 11 is 0. The van der Waals surface area contributed by atoms with Crippen molar-refractivity contribution in [1.82, 2.24) is 0 Å². The normalized spacial score (nSPS) is 12.6. The summed E-state index contributed by atoms with van der Waals surface area (Å²) in [4.78, 5) is 12.5. The van der Waals surface area contributed by atoms with Crippen molar-refractivity contribution in [3.8, 4) is 5.75 Å². The van der Waals surface area contributed by atoms with Crippen LogP contribution in [0.25, 0.3) is 0 Å². The van der Waals surface area contributed by atoms with Gasteiger partial charge in [-0.1, -0.05) is 30.3 Å². The minimum atomic E-state index is -4.55. The Bertz CT molecular complexity index is 1000. The van der Waals surface area contributed by atoms with Crippen LogP contribution in [0.5, 0.6) is 5.75 Å². The third kappa shape index (κ3) is 5.84. The highest BCUT2D eigenvalue weighted by molar-refractivity contribution is 7.91. The second-order valence-corrected chi connectivity index (χ2v) is 10.7. The lowest BCUT2D eigenvalue weighted by atomic mass is 10.0. The number of ketones is 1. The Morgan fingerprint density at radius 3 is 2.03 bits per heavy atom. The van der Waals surface area contributed by atoms with Crippen LogP contribution in [0.15, 0.2) is 42.5 Å². The Labute approximate surface area is 175 Å². The highest BCUT2D eigenvalue weighted by Gasteiger charge is 2.34. The molecule has 2 aromatic rings. The Kier molecular flexibility index (Phi) is 7.01. The molecule has 0 radical (unpaired) electrons. The maximum Gasteiger partial charge on any atom is 0.419 e. The van der Waals surface area contributed by atoms with E-state index in [9.17, 15) is 26.4 Å². The number of carbonyl (C=O) groups excluding carboxylic acids is 1. The van der Waals surface area contributed by atoms with E-state index >= 15 is 0 Å². The van der Waals surface area contributed by atoms with E-state index in [-0.39, 0.29) is 30.3 Å². The number of benzene rings is 2. The summed E-state index contributed by atoms with van der Waals surface area (Å²) in [6.45, 7) is 6.53. The summed E-state index contributed by atoms with van der Waals surface area (Å²) in [6, 6.07) is 9.62. The van der Waals surface area contributed by atoms with Crippen molar-refractivity contribution < 1.29 is 31.1 Å². The highest BCUT2D eigenvalue weighted by atomic mass is 32.2. The molecule has 0 heterocycles. The lowest BCUT2D eigenvalue weighted by Crippen LogP contribution is -2.29. The topological polar surface area (TPSA) is 60.4 Å². The maximum absolute atomic E-state index is 13.1. The molecule has 30 heavy (non-hydrogen) atoms. The largest absolute Gasteiger partial charge is 0.493 e. The first kappa shape index (κ1) is 23.9. The third-order valence-corrected chi connectivity index (χ3v) is 7.16. The molecule has 2 rings (SSSR count). The molecule has 0 aliphatic rings. The minimum absolute atomic E-state index is 0.0689. The highest BCUT2D eigenvalue weighted by Crippen LogP contribution is 2.37. The Balaban J connectivity index is 2.18. The first-order valence-electron chi connectivity index (χ1n) is 9.42. The lowest BCUT2D eigenvalue weighted by molar-refractivity contribution is -0.138. The van der Waals surface area contributed by atoms with Crippen LogP contribution < -0.4 is 4.74 Å². The van der Waals surface area contributed by atoms with Gasteiger partial charge in [0, 0.05) is 12.0 Å². The number of alkyl halides is 3. The number of Topliss-reactive ketones (excluding diaryl/α,β-unsaturated/α-hetero) is 1. The summed E-state index contributed by atoms with van der Waals surface area (Å²) in [6.07, 6.45) is -4.64. The number of ether oxygens (including phenoxy) is 1. The molecule has 0 saturated carbocycles. The number of carbonyl (C=O) groups is 1. The SMILES string of the molecule is CCOc1cc(CC(=O)c2ccc(CS(=O)(=O)C(C)(C)C)cc2)ccc1C(F)(F)F. The van der Waals surface area contributed by atoms with Gasteiger partial charge in [-0.05, 0) is 51.0 Å².